The zero-order chi connectivity index (χ0) is 25.8. The van der Waals surface area contributed by atoms with Gasteiger partial charge >= 0.3 is 0 Å². The van der Waals surface area contributed by atoms with Crippen LogP contribution in [0.4, 0.5) is 5.69 Å². The number of non-ortho nitro benzene ring substituents is 1. The van der Waals surface area contributed by atoms with Crippen LogP contribution in [0.15, 0.2) is 46.3 Å². The van der Waals surface area contributed by atoms with Gasteiger partial charge in [-0.3, -0.25) is 14.9 Å². The number of pyridine rings is 1. The first-order valence-corrected chi connectivity index (χ1v) is 12.6. The minimum atomic E-state index is -0.466. The Hall–Kier alpha value is -3.09. The summed E-state index contributed by atoms with van der Waals surface area (Å²) in [4.78, 5) is 24.0. The van der Waals surface area contributed by atoms with Crippen molar-refractivity contribution < 1.29 is 14.4 Å². The van der Waals surface area contributed by atoms with Gasteiger partial charge in [-0.1, -0.05) is 56.3 Å². The molecule has 7 nitrogen and oxygen atoms in total. The van der Waals surface area contributed by atoms with E-state index in [4.69, 9.17) is 9.47 Å². The van der Waals surface area contributed by atoms with Crippen molar-refractivity contribution in [3.8, 4) is 11.5 Å². The molecule has 192 valence electrons. The van der Waals surface area contributed by atoms with Gasteiger partial charge in [0, 0.05) is 24.6 Å². The maximum absolute atomic E-state index is 13.2. The zero-order valence-electron chi connectivity index (χ0n) is 21.9. The highest BCUT2D eigenvalue weighted by Gasteiger charge is 2.20. The van der Waals surface area contributed by atoms with Gasteiger partial charge in [-0.15, -0.1) is 0 Å². The molecule has 0 spiro atoms. The van der Waals surface area contributed by atoms with Crippen molar-refractivity contribution in [3.63, 3.8) is 0 Å². The lowest BCUT2D eigenvalue weighted by Crippen LogP contribution is -2.21. The van der Waals surface area contributed by atoms with Crippen molar-refractivity contribution in [2.45, 2.75) is 79.1 Å². The van der Waals surface area contributed by atoms with Gasteiger partial charge in [0.1, 0.15) is 6.61 Å². The first-order valence-electron chi connectivity index (χ1n) is 12.6. The summed E-state index contributed by atoms with van der Waals surface area (Å²) in [5.74, 6) is 0.510. The normalized spacial score (nSPS) is 11.5. The van der Waals surface area contributed by atoms with Crippen LogP contribution >= 0.6 is 0 Å². The molecule has 0 amide bonds. The van der Waals surface area contributed by atoms with E-state index in [-0.39, 0.29) is 23.6 Å². The number of allylic oxidation sites excluding steroid dienone is 3. The summed E-state index contributed by atoms with van der Waals surface area (Å²) in [7, 11) is 1.60. The van der Waals surface area contributed by atoms with Crippen molar-refractivity contribution in [3.05, 3.63) is 62.0 Å². The highest BCUT2D eigenvalue weighted by atomic mass is 16.6. The van der Waals surface area contributed by atoms with Gasteiger partial charge in [-0.25, -0.2) is 0 Å². The molecule has 0 radical (unpaired) electrons. The van der Waals surface area contributed by atoms with Gasteiger partial charge < -0.3 is 14.0 Å². The fraction of sp³-hybridized carbons (Fsp3) is 0.536. The van der Waals surface area contributed by atoms with Crippen LogP contribution in [-0.4, -0.2) is 22.7 Å². The van der Waals surface area contributed by atoms with Crippen LogP contribution < -0.4 is 15.0 Å². The minimum absolute atomic E-state index is 0.0748. The maximum Gasteiger partial charge on any atom is 0.297 e. The Balaban J connectivity index is 2.29. The average Bonchev–Trinajstić information content (AvgIpc) is 2.82. The Kier molecular flexibility index (Phi) is 11.5. The number of benzene rings is 1. The Morgan fingerprint density at radius 2 is 1.74 bits per heavy atom. The van der Waals surface area contributed by atoms with Crippen molar-refractivity contribution in [1.82, 2.24) is 4.57 Å². The Labute approximate surface area is 208 Å². The van der Waals surface area contributed by atoms with Gasteiger partial charge in [-0.2, -0.15) is 0 Å². The van der Waals surface area contributed by atoms with E-state index in [0.717, 1.165) is 32.1 Å². The van der Waals surface area contributed by atoms with E-state index < -0.39 is 4.92 Å². The molecular formula is C28H40N2O5. The van der Waals surface area contributed by atoms with E-state index in [1.165, 1.54) is 47.1 Å². The summed E-state index contributed by atoms with van der Waals surface area (Å²) in [6.07, 6.45) is 12.8. The lowest BCUT2D eigenvalue weighted by Gasteiger charge is -2.16. The molecule has 0 aliphatic heterocycles. The third-order valence-electron chi connectivity index (χ3n) is 6.00. The van der Waals surface area contributed by atoms with Crippen LogP contribution in [-0.2, 0) is 7.05 Å². The van der Waals surface area contributed by atoms with Gasteiger partial charge in [0.25, 0.3) is 11.2 Å². The molecule has 7 heteroatoms. The third-order valence-corrected chi connectivity index (χ3v) is 6.00. The van der Waals surface area contributed by atoms with Crippen LogP contribution in [0, 0.1) is 10.1 Å². The quantitative estimate of drug-likeness (QED) is 0.115. The number of nitrogens with zero attached hydrogens (tertiary/aromatic N) is 2. The summed E-state index contributed by atoms with van der Waals surface area (Å²) in [5, 5.41) is 11.9. The predicted octanol–water partition coefficient (Wildman–Crippen LogP) is 7.26. The fourth-order valence-electron chi connectivity index (χ4n) is 3.87. The maximum atomic E-state index is 13.2. The van der Waals surface area contributed by atoms with Crippen LogP contribution in [0.1, 0.15) is 79.1 Å². The molecule has 0 unspecified atom stereocenters. The monoisotopic (exact) mass is 484 g/mol. The second-order valence-electron chi connectivity index (χ2n) is 9.28. The van der Waals surface area contributed by atoms with Crippen LogP contribution in [0.3, 0.4) is 0 Å². The van der Waals surface area contributed by atoms with Crippen molar-refractivity contribution in [2.75, 3.05) is 13.2 Å². The molecule has 0 fully saturated rings. The highest BCUT2D eigenvalue weighted by Crippen LogP contribution is 2.34. The van der Waals surface area contributed by atoms with Crippen LogP contribution in [0.25, 0.3) is 10.9 Å². The summed E-state index contributed by atoms with van der Waals surface area (Å²) in [6, 6.07) is 4.46. The molecule has 0 atom stereocenters. The number of rotatable bonds is 15. The second kappa shape index (κ2) is 14.3. The van der Waals surface area contributed by atoms with Crippen molar-refractivity contribution in [2.24, 2.45) is 7.05 Å². The number of unbranched alkanes of at least 4 members (excludes halogenated alkanes) is 5. The van der Waals surface area contributed by atoms with E-state index in [2.05, 4.69) is 33.8 Å². The number of aromatic nitrogens is 1. The SMILES string of the molecule is CCCCCCCCOc1c(OC/C=C(\C)CCC=C(C)C)c2ccc([N+](=O)[O-])cc2n(C)c1=O. The molecule has 35 heavy (non-hydrogen) atoms. The van der Waals surface area contributed by atoms with Crippen molar-refractivity contribution in [1.29, 1.82) is 0 Å². The van der Waals surface area contributed by atoms with E-state index in [1.807, 2.05) is 6.08 Å². The van der Waals surface area contributed by atoms with Crippen LogP contribution in [0.2, 0.25) is 0 Å². The Morgan fingerprint density at radius 3 is 2.43 bits per heavy atom. The van der Waals surface area contributed by atoms with E-state index >= 15 is 0 Å². The standard InChI is InChI=1S/C28H40N2O5/c1-6-7-8-9-10-11-18-34-27-26(35-19-17-22(4)14-12-13-21(2)3)24-16-15-23(30(32)33)20-25(24)29(5)28(27)31/h13,15-17,20H,6-12,14,18-19H2,1-5H3/b22-17+. The van der Waals surface area contributed by atoms with Crippen molar-refractivity contribution >= 4 is 16.6 Å². The van der Waals surface area contributed by atoms with Gasteiger partial charge in [0.15, 0.2) is 5.75 Å². The topological polar surface area (TPSA) is 83.6 Å². The van der Waals surface area contributed by atoms with E-state index in [9.17, 15) is 14.9 Å². The van der Waals surface area contributed by atoms with Gasteiger partial charge in [0.05, 0.1) is 17.0 Å². The zero-order valence-corrected chi connectivity index (χ0v) is 21.9. The Bertz CT molecular complexity index is 1110. The molecule has 2 aromatic rings. The first-order chi connectivity index (χ1) is 16.8. The molecule has 0 N–H and O–H groups in total. The predicted molar refractivity (Wildman–Crippen MR) is 143 cm³/mol. The second-order valence-corrected chi connectivity index (χ2v) is 9.28. The Morgan fingerprint density at radius 1 is 1.03 bits per heavy atom. The molecule has 0 saturated heterocycles. The van der Waals surface area contributed by atoms with Gasteiger partial charge in [-0.05, 0) is 52.2 Å². The molecule has 0 saturated carbocycles. The molecule has 1 aromatic carbocycles. The summed E-state index contributed by atoms with van der Waals surface area (Å²) >= 11 is 0. The summed E-state index contributed by atoms with van der Waals surface area (Å²) in [5.41, 5.74) is 2.50. The molecule has 0 aliphatic carbocycles. The number of nitro benzene ring substituents is 1. The summed E-state index contributed by atoms with van der Waals surface area (Å²) < 4.78 is 13.5. The molecular weight excluding hydrogens is 444 g/mol. The lowest BCUT2D eigenvalue weighted by molar-refractivity contribution is -0.384. The number of ether oxygens (including phenoxy) is 2. The molecule has 0 aliphatic rings. The fourth-order valence-corrected chi connectivity index (χ4v) is 3.87. The number of hydrogen-bond donors (Lipinski definition) is 0. The molecule has 1 heterocycles. The molecule has 0 bridgehead atoms. The summed E-state index contributed by atoms with van der Waals surface area (Å²) in [6.45, 7) is 9.12. The van der Waals surface area contributed by atoms with E-state index in [1.54, 1.807) is 13.1 Å². The minimum Gasteiger partial charge on any atom is -0.485 e. The lowest BCUT2D eigenvalue weighted by atomic mass is 10.1. The van der Waals surface area contributed by atoms with E-state index in [0.29, 0.717) is 23.3 Å². The average molecular weight is 485 g/mol. The third kappa shape index (κ3) is 8.57. The highest BCUT2D eigenvalue weighted by molar-refractivity contribution is 5.89. The number of aryl methyl sites for hydroxylation is 1. The smallest absolute Gasteiger partial charge is 0.297 e. The molecule has 1 aromatic heterocycles. The van der Waals surface area contributed by atoms with Crippen LogP contribution in [0.5, 0.6) is 11.5 Å². The number of fused-ring (bicyclic) bond motifs is 1. The number of nitro groups is 1. The van der Waals surface area contributed by atoms with Gasteiger partial charge in [0.2, 0.25) is 5.75 Å². The first kappa shape index (κ1) is 28.1. The largest absolute Gasteiger partial charge is 0.485 e. The number of hydrogen-bond acceptors (Lipinski definition) is 5. The molecule has 2 rings (SSSR count).